The molecule has 138 valence electrons. The van der Waals surface area contributed by atoms with E-state index in [1.807, 2.05) is 0 Å². The van der Waals surface area contributed by atoms with E-state index in [9.17, 15) is 14.7 Å². The summed E-state index contributed by atoms with van der Waals surface area (Å²) in [5.41, 5.74) is 0. The van der Waals surface area contributed by atoms with Crippen molar-refractivity contribution in [3.8, 4) is 0 Å². The molecule has 4 N–H and O–H groups in total. The molecule has 0 spiro atoms. The average molecular weight is 334 g/mol. The monoisotopic (exact) mass is 334 g/mol. The van der Waals surface area contributed by atoms with Gasteiger partial charge in [-0.15, -0.1) is 0 Å². The van der Waals surface area contributed by atoms with E-state index < -0.39 is 24.1 Å². The summed E-state index contributed by atoms with van der Waals surface area (Å²) in [6, 6.07) is 0. The Bertz CT molecular complexity index is 293. The molecule has 0 amide bonds. The van der Waals surface area contributed by atoms with Crippen LogP contribution in [-0.2, 0) is 9.59 Å². The third-order valence-corrected chi connectivity index (χ3v) is 3.43. The highest BCUT2D eigenvalue weighted by atomic mass is 16.4. The number of hydrogen-bond donors (Lipinski definition) is 4. The largest absolute Gasteiger partial charge is 0.481 e. The van der Waals surface area contributed by atoms with Crippen LogP contribution >= 0.6 is 0 Å². The molecule has 0 saturated carbocycles. The fourth-order valence-corrected chi connectivity index (χ4v) is 1.99. The van der Waals surface area contributed by atoms with Crippen molar-refractivity contribution in [2.24, 2.45) is 0 Å². The van der Waals surface area contributed by atoms with Crippen molar-refractivity contribution in [3.05, 3.63) is 0 Å². The van der Waals surface area contributed by atoms with Crippen LogP contribution in [0.4, 0.5) is 0 Å². The maximum Gasteiger partial charge on any atom is 0.305 e. The summed E-state index contributed by atoms with van der Waals surface area (Å²) in [5.74, 6) is -1.86. The first-order chi connectivity index (χ1) is 10.8. The topological polar surface area (TPSA) is 115 Å². The zero-order valence-corrected chi connectivity index (χ0v) is 14.5. The van der Waals surface area contributed by atoms with Crippen LogP contribution in [0, 0.1) is 0 Å². The SMILES string of the molecule is CCC(O)CC(=O)O.CCCCCCCCCC(O)CC(=O)O. The Kier molecular flexibility index (Phi) is 18.1. The molecule has 0 aromatic carbocycles. The highest BCUT2D eigenvalue weighted by molar-refractivity contribution is 5.67. The zero-order valence-electron chi connectivity index (χ0n) is 14.5. The van der Waals surface area contributed by atoms with Gasteiger partial charge in [0.05, 0.1) is 25.0 Å². The molecule has 0 aliphatic rings. The van der Waals surface area contributed by atoms with E-state index in [1.165, 1.54) is 32.1 Å². The number of carbonyl (C=O) groups is 2. The standard InChI is InChI=1S/C12H24O3.C5H10O3/c1-2-3-4-5-6-7-8-9-11(13)10-12(14)15;1-2-4(6)3-5(7)8/h11,13H,2-10H2,1H3,(H,14,15);4,6H,2-3H2,1H3,(H,7,8). The van der Waals surface area contributed by atoms with Gasteiger partial charge in [-0.25, -0.2) is 0 Å². The quantitative estimate of drug-likeness (QED) is 0.384. The predicted molar refractivity (Wildman–Crippen MR) is 89.4 cm³/mol. The minimum atomic E-state index is -0.945. The second kappa shape index (κ2) is 17.2. The smallest absolute Gasteiger partial charge is 0.305 e. The van der Waals surface area contributed by atoms with E-state index in [0.717, 1.165) is 12.8 Å². The lowest BCUT2D eigenvalue weighted by molar-refractivity contribution is -0.140. The second-order valence-electron chi connectivity index (χ2n) is 5.82. The Balaban J connectivity index is 0. The van der Waals surface area contributed by atoms with Crippen molar-refractivity contribution in [2.75, 3.05) is 0 Å². The molecular formula is C17H34O6. The van der Waals surface area contributed by atoms with Gasteiger partial charge in [0.2, 0.25) is 0 Å². The van der Waals surface area contributed by atoms with Gasteiger partial charge in [-0.3, -0.25) is 9.59 Å². The van der Waals surface area contributed by atoms with Gasteiger partial charge in [0.1, 0.15) is 0 Å². The number of aliphatic hydroxyl groups excluding tert-OH is 2. The second-order valence-corrected chi connectivity index (χ2v) is 5.82. The van der Waals surface area contributed by atoms with Crippen molar-refractivity contribution in [2.45, 2.75) is 96.7 Å². The summed E-state index contributed by atoms with van der Waals surface area (Å²) in [7, 11) is 0. The lowest BCUT2D eigenvalue weighted by Gasteiger charge is -2.06. The Morgan fingerprint density at radius 3 is 1.57 bits per heavy atom. The highest BCUT2D eigenvalue weighted by Crippen LogP contribution is 2.10. The maximum absolute atomic E-state index is 10.3. The van der Waals surface area contributed by atoms with Gasteiger partial charge in [0, 0.05) is 0 Å². The summed E-state index contributed by atoms with van der Waals surface area (Å²) in [6.07, 6.45) is 7.95. The minimum Gasteiger partial charge on any atom is -0.481 e. The number of unbranched alkanes of at least 4 members (excludes halogenated alkanes) is 6. The van der Waals surface area contributed by atoms with Crippen LogP contribution in [0.25, 0.3) is 0 Å². The molecule has 0 aliphatic carbocycles. The molecule has 0 aromatic rings. The highest BCUT2D eigenvalue weighted by Gasteiger charge is 2.08. The van der Waals surface area contributed by atoms with E-state index >= 15 is 0 Å². The molecule has 2 unspecified atom stereocenters. The number of carboxylic acid groups (broad SMARTS) is 2. The molecule has 6 nitrogen and oxygen atoms in total. The first kappa shape index (κ1) is 24.1. The molecule has 0 rings (SSSR count). The van der Waals surface area contributed by atoms with Crippen LogP contribution in [-0.4, -0.2) is 44.6 Å². The van der Waals surface area contributed by atoms with Gasteiger partial charge in [0.15, 0.2) is 0 Å². The molecule has 0 saturated heterocycles. The van der Waals surface area contributed by atoms with E-state index in [2.05, 4.69) is 6.92 Å². The van der Waals surface area contributed by atoms with Crippen LogP contribution in [0.3, 0.4) is 0 Å². The van der Waals surface area contributed by atoms with Crippen LogP contribution in [0.5, 0.6) is 0 Å². The van der Waals surface area contributed by atoms with E-state index in [-0.39, 0.29) is 12.8 Å². The number of carboxylic acids is 2. The molecular weight excluding hydrogens is 300 g/mol. The molecule has 0 radical (unpaired) electrons. The van der Waals surface area contributed by atoms with Crippen LogP contribution in [0.2, 0.25) is 0 Å². The van der Waals surface area contributed by atoms with Gasteiger partial charge in [-0.1, -0.05) is 58.8 Å². The molecule has 0 bridgehead atoms. The Hall–Kier alpha value is -1.14. The third-order valence-electron chi connectivity index (χ3n) is 3.43. The molecule has 2 atom stereocenters. The van der Waals surface area contributed by atoms with Gasteiger partial charge in [-0.2, -0.15) is 0 Å². The Morgan fingerprint density at radius 1 is 0.739 bits per heavy atom. The first-order valence-corrected chi connectivity index (χ1v) is 8.63. The molecule has 0 aromatic heterocycles. The summed E-state index contributed by atoms with van der Waals surface area (Å²) in [4.78, 5) is 20.1. The minimum absolute atomic E-state index is 0.115. The third kappa shape index (κ3) is 23.3. The lowest BCUT2D eigenvalue weighted by Crippen LogP contribution is -2.12. The number of hydrogen-bond acceptors (Lipinski definition) is 4. The maximum atomic E-state index is 10.3. The van der Waals surface area contributed by atoms with Gasteiger partial charge >= 0.3 is 11.9 Å². The van der Waals surface area contributed by atoms with Gasteiger partial charge in [0.25, 0.3) is 0 Å². The zero-order chi connectivity index (χ0) is 18.1. The van der Waals surface area contributed by atoms with Crippen molar-refractivity contribution >= 4 is 11.9 Å². The number of aliphatic hydroxyl groups is 2. The summed E-state index contributed by atoms with van der Waals surface area (Å²) in [5, 5.41) is 34.4. The fraction of sp³-hybridized carbons (Fsp3) is 0.882. The average Bonchev–Trinajstić information content (AvgIpc) is 2.45. The van der Waals surface area contributed by atoms with Crippen molar-refractivity contribution in [1.82, 2.24) is 0 Å². The summed E-state index contributed by atoms with van der Waals surface area (Å²) >= 11 is 0. The van der Waals surface area contributed by atoms with Crippen molar-refractivity contribution in [3.63, 3.8) is 0 Å². The molecule has 0 aliphatic heterocycles. The van der Waals surface area contributed by atoms with Gasteiger partial charge in [-0.05, 0) is 12.8 Å². The molecule has 6 heteroatoms. The predicted octanol–water partition coefficient (Wildman–Crippen LogP) is 3.19. The normalized spacial score (nSPS) is 12.9. The van der Waals surface area contributed by atoms with Crippen LogP contribution in [0.15, 0.2) is 0 Å². The molecule has 0 heterocycles. The lowest BCUT2D eigenvalue weighted by atomic mass is 10.1. The van der Waals surface area contributed by atoms with E-state index in [0.29, 0.717) is 12.8 Å². The van der Waals surface area contributed by atoms with E-state index in [4.69, 9.17) is 15.3 Å². The van der Waals surface area contributed by atoms with E-state index in [1.54, 1.807) is 6.92 Å². The van der Waals surface area contributed by atoms with Crippen molar-refractivity contribution in [1.29, 1.82) is 0 Å². The molecule has 23 heavy (non-hydrogen) atoms. The summed E-state index contributed by atoms with van der Waals surface area (Å²) < 4.78 is 0. The Morgan fingerprint density at radius 2 is 1.17 bits per heavy atom. The summed E-state index contributed by atoms with van der Waals surface area (Å²) in [6.45, 7) is 3.94. The Labute approximate surface area is 139 Å². The number of aliphatic carboxylic acids is 2. The first-order valence-electron chi connectivity index (χ1n) is 8.63. The fourth-order valence-electron chi connectivity index (χ4n) is 1.99. The number of rotatable bonds is 13. The van der Waals surface area contributed by atoms with Crippen LogP contribution in [0.1, 0.15) is 84.5 Å². The van der Waals surface area contributed by atoms with Crippen LogP contribution < -0.4 is 0 Å². The van der Waals surface area contributed by atoms with Crippen molar-refractivity contribution < 1.29 is 30.0 Å². The van der Waals surface area contributed by atoms with Gasteiger partial charge < -0.3 is 20.4 Å². The molecule has 0 fully saturated rings.